The highest BCUT2D eigenvalue weighted by Crippen LogP contribution is 2.33. The van der Waals surface area contributed by atoms with Crippen LogP contribution >= 0.6 is 11.3 Å². The number of halogens is 1. The Morgan fingerprint density at radius 2 is 1.92 bits per heavy atom. The van der Waals surface area contributed by atoms with Crippen molar-refractivity contribution in [3.63, 3.8) is 0 Å². The molecule has 0 unspecified atom stereocenters. The van der Waals surface area contributed by atoms with Gasteiger partial charge in [-0.05, 0) is 55.1 Å². The summed E-state index contributed by atoms with van der Waals surface area (Å²) in [5.74, 6) is 0.392. The number of anilines is 2. The zero-order valence-corrected chi connectivity index (χ0v) is 20.4. The monoisotopic (exact) mass is 502 g/mol. The molecule has 5 aromatic rings. The summed E-state index contributed by atoms with van der Waals surface area (Å²) in [7, 11) is 0. The number of carbonyl (C=O) groups excluding carboxylic acids is 1. The van der Waals surface area contributed by atoms with Crippen LogP contribution in [-0.2, 0) is 4.79 Å². The Kier molecular flexibility index (Phi) is 6.59. The lowest BCUT2D eigenvalue weighted by atomic mass is 10.1. The van der Waals surface area contributed by atoms with Gasteiger partial charge in [0.25, 0.3) is 5.91 Å². The average Bonchev–Trinajstić information content (AvgIpc) is 3.55. The number of hydrogen-bond donors (Lipinski definition) is 3. The molecule has 3 N–H and O–H groups in total. The zero-order chi connectivity index (χ0) is 25.1. The second-order valence-corrected chi connectivity index (χ2v) is 9.32. The molecule has 0 spiro atoms. The van der Waals surface area contributed by atoms with Crippen LogP contribution in [0.25, 0.3) is 32.7 Å². The van der Waals surface area contributed by atoms with Crippen molar-refractivity contribution < 1.29 is 13.9 Å². The van der Waals surface area contributed by atoms with Crippen LogP contribution in [0.2, 0.25) is 0 Å². The smallest absolute Gasteiger partial charge is 0.258 e. The standard InChI is InChI=1S/C26H23FN6O2S/c1-15(2)30-23(34)14-35-21-10-17(9-19(27)11-21)25-32-22-7-8-36-24(22)26(33-25)31-20-5-3-16(4-6-20)18-12-28-29-13-18/h3-13,15H,14H2,1-2H3,(H,28,29)(H,30,34)(H,31,32,33). The lowest BCUT2D eigenvalue weighted by molar-refractivity contribution is -0.123. The van der Waals surface area contributed by atoms with Gasteiger partial charge in [-0.3, -0.25) is 9.89 Å². The Bertz CT molecular complexity index is 1500. The highest BCUT2D eigenvalue weighted by atomic mass is 32.1. The van der Waals surface area contributed by atoms with Gasteiger partial charge in [0.15, 0.2) is 18.2 Å². The zero-order valence-electron chi connectivity index (χ0n) is 19.6. The van der Waals surface area contributed by atoms with E-state index >= 15 is 0 Å². The predicted octanol–water partition coefficient (Wildman–Crippen LogP) is 5.53. The first-order valence-corrected chi connectivity index (χ1v) is 12.2. The van der Waals surface area contributed by atoms with E-state index in [1.54, 1.807) is 12.3 Å². The van der Waals surface area contributed by atoms with E-state index in [1.165, 1.54) is 23.5 Å². The molecule has 8 nitrogen and oxygen atoms in total. The summed E-state index contributed by atoms with van der Waals surface area (Å²) in [4.78, 5) is 21.2. The molecule has 3 aromatic heterocycles. The Balaban J connectivity index is 1.42. The number of aromatic nitrogens is 4. The van der Waals surface area contributed by atoms with E-state index in [0.29, 0.717) is 17.2 Å². The minimum absolute atomic E-state index is 0.0114. The Morgan fingerprint density at radius 3 is 2.67 bits per heavy atom. The molecule has 0 bridgehead atoms. The molecule has 0 atom stereocenters. The van der Waals surface area contributed by atoms with Crippen molar-refractivity contribution in [3.05, 3.63) is 72.1 Å². The SMILES string of the molecule is CC(C)NC(=O)COc1cc(F)cc(-c2nc(Nc3ccc(-c4cn[nH]c4)cc3)c3sccc3n2)c1. The predicted molar refractivity (Wildman–Crippen MR) is 139 cm³/mol. The van der Waals surface area contributed by atoms with E-state index in [-0.39, 0.29) is 24.3 Å². The molecular weight excluding hydrogens is 479 g/mol. The molecular formula is C26H23FN6O2S. The summed E-state index contributed by atoms with van der Waals surface area (Å²) < 4.78 is 20.9. The third kappa shape index (κ3) is 5.33. The van der Waals surface area contributed by atoms with Crippen LogP contribution in [0.1, 0.15) is 13.8 Å². The molecule has 0 aliphatic heterocycles. The van der Waals surface area contributed by atoms with Crippen LogP contribution in [0.5, 0.6) is 5.75 Å². The van der Waals surface area contributed by atoms with E-state index in [9.17, 15) is 9.18 Å². The topological polar surface area (TPSA) is 105 Å². The van der Waals surface area contributed by atoms with Gasteiger partial charge in [-0.2, -0.15) is 5.10 Å². The van der Waals surface area contributed by atoms with Gasteiger partial charge in [0.1, 0.15) is 11.6 Å². The quantitative estimate of drug-likeness (QED) is 0.258. The number of rotatable bonds is 8. The van der Waals surface area contributed by atoms with E-state index in [0.717, 1.165) is 27.0 Å². The fourth-order valence-electron chi connectivity index (χ4n) is 3.66. The first-order valence-electron chi connectivity index (χ1n) is 11.3. The third-order valence-electron chi connectivity index (χ3n) is 5.23. The van der Waals surface area contributed by atoms with Gasteiger partial charge in [-0.15, -0.1) is 11.3 Å². The summed E-state index contributed by atoms with van der Waals surface area (Å²) in [6.07, 6.45) is 3.60. The molecule has 3 heterocycles. The first-order chi connectivity index (χ1) is 17.4. The van der Waals surface area contributed by atoms with Crippen LogP contribution in [-0.4, -0.2) is 38.7 Å². The number of fused-ring (bicyclic) bond motifs is 1. The van der Waals surface area contributed by atoms with Crippen molar-refractivity contribution in [1.82, 2.24) is 25.5 Å². The number of ether oxygens (including phenoxy) is 1. The minimum Gasteiger partial charge on any atom is -0.484 e. The average molecular weight is 503 g/mol. The number of amides is 1. The van der Waals surface area contributed by atoms with Gasteiger partial charge >= 0.3 is 0 Å². The molecule has 10 heteroatoms. The summed E-state index contributed by atoms with van der Waals surface area (Å²) in [5, 5.41) is 14.8. The molecule has 0 radical (unpaired) electrons. The number of nitrogens with one attached hydrogen (secondary N) is 3. The maximum Gasteiger partial charge on any atom is 0.258 e. The highest BCUT2D eigenvalue weighted by molar-refractivity contribution is 7.17. The van der Waals surface area contributed by atoms with Crippen molar-refractivity contribution in [3.8, 4) is 28.3 Å². The first kappa shape index (κ1) is 23.4. The van der Waals surface area contributed by atoms with Crippen molar-refractivity contribution in [2.45, 2.75) is 19.9 Å². The molecule has 0 aliphatic rings. The maximum absolute atomic E-state index is 14.4. The Hall–Kier alpha value is -4.31. The van der Waals surface area contributed by atoms with Gasteiger partial charge < -0.3 is 15.4 Å². The van der Waals surface area contributed by atoms with Gasteiger partial charge in [0.05, 0.1) is 16.4 Å². The fourth-order valence-corrected chi connectivity index (χ4v) is 4.43. The number of nitrogens with zero attached hydrogens (tertiary/aromatic N) is 3. The van der Waals surface area contributed by atoms with Crippen LogP contribution in [0.3, 0.4) is 0 Å². The Morgan fingerprint density at radius 1 is 1.08 bits per heavy atom. The van der Waals surface area contributed by atoms with Crippen LogP contribution < -0.4 is 15.4 Å². The number of carbonyl (C=O) groups is 1. The summed E-state index contributed by atoms with van der Waals surface area (Å²) in [6, 6.07) is 14.0. The summed E-state index contributed by atoms with van der Waals surface area (Å²) in [5.41, 5.74) is 4.07. The molecule has 5 rings (SSSR count). The van der Waals surface area contributed by atoms with Crippen molar-refractivity contribution in [2.24, 2.45) is 0 Å². The number of aromatic amines is 1. The largest absolute Gasteiger partial charge is 0.484 e. The lowest BCUT2D eigenvalue weighted by Gasteiger charge is -2.12. The molecule has 182 valence electrons. The van der Waals surface area contributed by atoms with Gasteiger partial charge in [-0.1, -0.05) is 12.1 Å². The van der Waals surface area contributed by atoms with Crippen LogP contribution in [0, 0.1) is 5.82 Å². The molecule has 0 fully saturated rings. The van der Waals surface area contributed by atoms with Gasteiger partial charge in [0.2, 0.25) is 0 Å². The Labute approximate surface area is 210 Å². The fraction of sp³-hybridized carbons (Fsp3) is 0.154. The third-order valence-corrected chi connectivity index (χ3v) is 6.14. The normalized spacial score (nSPS) is 11.1. The van der Waals surface area contributed by atoms with E-state index in [2.05, 4.69) is 25.8 Å². The molecule has 0 aliphatic carbocycles. The van der Waals surface area contributed by atoms with E-state index in [4.69, 9.17) is 9.72 Å². The van der Waals surface area contributed by atoms with Crippen LogP contribution in [0.15, 0.2) is 66.3 Å². The van der Waals surface area contributed by atoms with Gasteiger partial charge in [-0.25, -0.2) is 14.4 Å². The number of hydrogen-bond acceptors (Lipinski definition) is 7. The molecule has 0 saturated heterocycles. The number of thiophene rings is 1. The second kappa shape index (κ2) is 10.1. The van der Waals surface area contributed by atoms with Crippen LogP contribution in [0.4, 0.5) is 15.9 Å². The maximum atomic E-state index is 14.4. The number of benzene rings is 2. The van der Waals surface area contributed by atoms with Gasteiger partial charge in [0, 0.05) is 35.1 Å². The molecule has 36 heavy (non-hydrogen) atoms. The molecule has 2 aromatic carbocycles. The minimum atomic E-state index is -0.509. The van der Waals surface area contributed by atoms with E-state index in [1.807, 2.05) is 55.8 Å². The summed E-state index contributed by atoms with van der Waals surface area (Å²) >= 11 is 1.52. The number of H-pyrrole nitrogens is 1. The van der Waals surface area contributed by atoms with E-state index < -0.39 is 5.82 Å². The van der Waals surface area contributed by atoms with Crippen molar-refractivity contribution in [1.29, 1.82) is 0 Å². The lowest BCUT2D eigenvalue weighted by Crippen LogP contribution is -2.34. The summed E-state index contributed by atoms with van der Waals surface area (Å²) in [6.45, 7) is 3.50. The second-order valence-electron chi connectivity index (χ2n) is 8.41. The molecule has 0 saturated carbocycles. The van der Waals surface area contributed by atoms with Crippen molar-refractivity contribution >= 4 is 39.0 Å². The molecule has 1 amide bonds. The highest BCUT2D eigenvalue weighted by Gasteiger charge is 2.14. The van der Waals surface area contributed by atoms with Crippen molar-refractivity contribution in [2.75, 3.05) is 11.9 Å².